The summed E-state index contributed by atoms with van der Waals surface area (Å²) in [7, 11) is 0. The Bertz CT molecular complexity index is 514. The molecule has 0 saturated carbocycles. The molecule has 18 heavy (non-hydrogen) atoms. The monoisotopic (exact) mass is 248 g/mol. The third kappa shape index (κ3) is 2.90. The van der Waals surface area contributed by atoms with Gasteiger partial charge in [0.1, 0.15) is 0 Å². The SMILES string of the molecule is NCC(Cc1cccnc1)c1ccc(F)c(F)c1. The zero-order valence-electron chi connectivity index (χ0n) is 9.81. The molecule has 0 bridgehead atoms. The van der Waals surface area contributed by atoms with Crippen molar-refractivity contribution in [3.63, 3.8) is 0 Å². The third-order valence-electron chi connectivity index (χ3n) is 2.90. The van der Waals surface area contributed by atoms with E-state index in [2.05, 4.69) is 4.98 Å². The van der Waals surface area contributed by atoms with Gasteiger partial charge in [-0.3, -0.25) is 4.98 Å². The maximum absolute atomic E-state index is 13.2. The lowest BCUT2D eigenvalue weighted by molar-refractivity contribution is 0.505. The van der Waals surface area contributed by atoms with Gasteiger partial charge in [0, 0.05) is 18.3 Å². The van der Waals surface area contributed by atoms with Crippen LogP contribution in [0.25, 0.3) is 0 Å². The van der Waals surface area contributed by atoms with Gasteiger partial charge in [-0.05, 0) is 42.3 Å². The minimum atomic E-state index is -0.837. The third-order valence-corrected chi connectivity index (χ3v) is 2.90. The fourth-order valence-electron chi connectivity index (χ4n) is 1.91. The first kappa shape index (κ1) is 12.6. The predicted octanol–water partition coefficient (Wildman–Crippen LogP) is 2.64. The van der Waals surface area contributed by atoms with Gasteiger partial charge < -0.3 is 5.73 Å². The first-order valence-corrected chi connectivity index (χ1v) is 5.74. The van der Waals surface area contributed by atoms with Gasteiger partial charge in [-0.15, -0.1) is 0 Å². The van der Waals surface area contributed by atoms with E-state index < -0.39 is 11.6 Å². The second kappa shape index (κ2) is 5.69. The number of halogens is 2. The molecule has 0 fully saturated rings. The van der Waals surface area contributed by atoms with Crippen LogP contribution >= 0.6 is 0 Å². The maximum Gasteiger partial charge on any atom is 0.159 e. The highest BCUT2D eigenvalue weighted by Gasteiger charge is 2.13. The molecule has 2 rings (SSSR count). The summed E-state index contributed by atoms with van der Waals surface area (Å²) in [6, 6.07) is 7.70. The van der Waals surface area contributed by atoms with Gasteiger partial charge >= 0.3 is 0 Å². The molecule has 0 radical (unpaired) electrons. The number of nitrogens with two attached hydrogens (primary N) is 1. The van der Waals surface area contributed by atoms with Crippen molar-refractivity contribution in [3.05, 3.63) is 65.5 Å². The zero-order chi connectivity index (χ0) is 13.0. The molecule has 94 valence electrons. The van der Waals surface area contributed by atoms with Gasteiger partial charge in [0.2, 0.25) is 0 Å². The minimum Gasteiger partial charge on any atom is -0.330 e. The topological polar surface area (TPSA) is 38.9 Å². The lowest BCUT2D eigenvalue weighted by Crippen LogP contribution is -2.15. The van der Waals surface area contributed by atoms with Crippen molar-refractivity contribution in [3.8, 4) is 0 Å². The van der Waals surface area contributed by atoms with Gasteiger partial charge in [0.15, 0.2) is 11.6 Å². The summed E-state index contributed by atoms with van der Waals surface area (Å²) in [5, 5.41) is 0. The van der Waals surface area contributed by atoms with Crippen LogP contribution in [0.2, 0.25) is 0 Å². The molecular weight excluding hydrogens is 234 g/mol. The largest absolute Gasteiger partial charge is 0.330 e. The molecule has 0 aliphatic heterocycles. The van der Waals surface area contributed by atoms with Crippen molar-refractivity contribution in [2.75, 3.05) is 6.54 Å². The summed E-state index contributed by atoms with van der Waals surface area (Å²) in [6.07, 6.45) is 4.11. The van der Waals surface area contributed by atoms with E-state index in [4.69, 9.17) is 5.73 Å². The highest BCUT2D eigenvalue weighted by Crippen LogP contribution is 2.21. The van der Waals surface area contributed by atoms with Gasteiger partial charge in [-0.2, -0.15) is 0 Å². The van der Waals surface area contributed by atoms with Crippen molar-refractivity contribution >= 4 is 0 Å². The van der Waals surface area contributed by atoms with Crippen LogP contribution < -0.4 is 5.73 Å². The van der Waals surface area contributed by atoms with Crippen LogP contribution in [0.4, 0.5) is 8.78 Å². The summed E-state index contributed by atoms with van der Waals surface area (Å²) in [6.45, 7) is 0.375. The fraction of sp³-hybridized carbons (Fsp3) is 0.214. The van der Waals surface area contributed by atoms with Crippen LogP contribution in [0.3, 0.4) is 0 Å². The molecule has 0 aliphatic rings. The number of rotatable bonds is 4. The number of nitrogens with zero attached hydrogens (tertiary/aromatic N) is 1. The highest BCUT2D eigenvalue weighted by atomic mass is 19.2. The molecule has 1 atom stereocenters. The maximum atomic E-state index is 13.2. The van der Waals surface area contributed by atoms with E-state index in [0.29, 0.717) is 18.5 Å². The zero-order valence-corrected chi connectivity index (χ0v) is 9.81. The summed E-state index contributed by atoms with van der Waals surface area (Å²) in [4.78, 5) is 4.02. The lowest BCUT2D eigenvalue weighted by atomic mass is 9.92. The number of aromatic nitrogens is 1. The van der Waals surface area contributed by atoms with Crippen molar-refractivity contribution in [1.82, 2.24) is 4.98 Å². The molecule has 2 N–H and O–H groups in total. The van der Waals surface area contributed by atoms with Crippen LogP contribution in [0.1, 0.15) is 17.0 Å². The number of pyridine rings is 1. The van der Waals surface area contributed by atoms with Crippen molar-refractivity contribution in [1.29, 1.82) is 0 Å². The average molecular weight is 248 g/mol. The molecule has 0 aliphatic carbocycles. The quantitative estimate of drug-likeness (QED) is 0.903. The van der Waals surface area contributed by atoms with Gasteiger partial charge in [-0.25, -0.2) is 8.78 Å². The van der Waals surface area contributed by atoms with Crippen molar-refractivity contribution < 1.29 is 8.78 Å². The van der Waals surface area contributed by atoms with E-state index in [1.165, 1.54) is 6.07 Å². The van der Waals surface area contributed by atoms with Crippen LogP contribution in [-0.4, -0.2) is 11.5 Å². The Hall–Kier alpha value is -1.81. The smallest absolute Gasteiger partial charge is 0.159 e. The number of hydrogen-bond acceptors (Lipinski definition) is 2. The van der Waals surface area contributed by atoms with E-state index in [0.717, 1.165) is 11.6 Å². The molecule has 1 unspecified atom stereocenters. The second-order valence-electron chi connectivity index (χ2n) is 4.17. The minimum absolute atomic E-state index is 0.0377. The molecule has 1 heterocycles. The number of hydrogen-bond donors (Lipinski definition) is 1. The van der Waals surface area contributed by atoms with Crippen molar-refractivity contribution in [2.45, 2.75) is 12.3 Å². The molecule has 0 spiro atoms. The van der Waals surface area contributed by atoms with Gasteiger partial charge in [0.25, 0.3) is 0 Å². The molecule has 4 heteroatoms. The molecule has 2 nitrogen and oxygen atoms in total. The predicted molar refractivity (Wildman–Crippen MR) is 66.1 cm³/mol. The van der Waals surface area contributed by atoms with E-state index in [1.54, 1.807) is 18.5 Å². The summed E-state index contributed by atoms with van der Waals surface area (Å²) < 4.78 is 26.1. The first-order chi connectivity index (χ1) is 8.70. The Morgan fingerprint density at radius 2 is 2.00 bits per heavy atom. The molecular formula is C14H14F2N2. The van der Waals surface area contributed by atoms with E-state index in [9.17, 15) is 8.78 Å². The van der Waals surface area contributed by atoms with E-state index in [-0.39, 0.29) is 5.92 Å². The van der Waals surface area contributed by atoms with E-state index >= 15 is 0 Å². The molecule has 2 aromatic rings. The average Bonchev–Trinajstić information content (AvgIpc) is 2.40. The normalized spacial score (nSPS) is 12.4. The Morgan fingerprint density at radius 3 is 2.61 bits per heavy atom. The summed E-state index contributed by atoms with van der Waals surface area (Å²) in [5.41, 5.74) is 7.44. The molecule has 1 aromatic carbocycles. The van der Waals surface area contributed by atoms with Crippen LogP contribution in [0.5, 0.6) is 0 Å². The highest BCUT2D eigenvalue weighted by molar-refractivity contribution is 5.24. The summed E-state index contributed by atoms with van der Waals surface area (Å²) >= 11 is 0. The Morgan fingerprint density at radius 1 is 1.17 bits per heavy atom. The second-order valence-corrected chi connectivity index (χ2v) is 4.17. The fourth-order valence-corrected chi connectivity index (χ4v) is 1.91. The van der Waals surface area contributed by atoms with Crippen LogP contribution in [-0.2, 0) is 6.42 Å². The molecule has 1 aromatic heterocycles. The first-order valence-electron chi connectivity index (χ1n) is 5.74. The van der Waals surface area contributed by atoms with E-state index in [1.807, 2.05) is 12.1 Å². The standard InChI is InChI=1S/C14H14F2N2/c15-13-4-3-11(7-14(13)16)12(8-17)6-10-2-1-5-18-9-10/h1-5,7,9,12H,6,8,17H2. The van der Waals surface area contributed by atoms with Crippen molar-refractivity contribution in [2.24, 2.45) is 5.73 Å². The Kier molecular flexibility index (Phi) is 3.99. The van der Waals surface area contributed by atoms with Gasteiger partial charge in [-0.1, -0.05) is 12.1 Å². The lowest BCUT2D eigenvalue weighted by Gasteiger charge is -2.15. The van der Waals surface area contributed by atoms with Crippen LogP contribution in [0.15, 0.2) is 42.7 Å². The van der Waals surface area contributed by atoms with Crippen LogP contribution in [0, 0.1) is 11.6 Å². The summed E-state index contributed by atoms with van der Waals surface area (Å²) in [5.74, 6) is -1.71. The van der Waals surface area contributed by atoms with Gasteiger partial charge in [0.05, 0.1) is 0 Å². The Balaban J connectivity index is 2.20. The molecule has 0 amide bonds. The molecule has 0 saturated heterocycles. The number of benzene rings is 1. The Labute approximate surface area is 104 Å².